The first-order valence-corrected chi connectivity index (χ1v) is 6.92. The standard InChI is InChI=1S/C15H25FN2O2/c1-4-11(5-10(8-17)9-18)12-6-14(19-2)15(20-3)7-13(12)16/h6-7,10-11H,4-5,8-9,17-18H2,1-3H3. The Morgan fingerprint density at radius 3 is 2.10 bits per heavy atom. The maximum atomic E-state index is 14.3. The third kappa shape index (κ3) is 3.84. The number of ether oxygens (including phenoxy) is 2. The Hall–Kier alpha value is -1.33. The topological polar surface area (TPSA) is 70.5 Å². The molecule has 1 atom stereocenters. The molecule has 0 fully saturated rings. The van der Waals surface area contributed by atoms with Crippen LogP contribution < -0.4 is 20.9 Å². The van der Waals surface area contributed by atoms with Gasteiger partial charge in [0.2, 0.25) is 0 Å². The van der Waals surface area contributed by atoms with Gasteiger partial charge in [-0.3, -0.25) is 0 Å². The molecule has 0 aliphatic heterocycles. The van der Waals surface area contributed by atoms with E-state index in [1.54, 1.807) is 13.2 Å². The summed E-state index contributed by atoms with van der Waals surface area (Å²) in [6, 6.07) is 3.09. The zero-order valence-electron chi connectivity index (χ0n) is 12.5. The van der Waals surface area contributed by atoms with Crippen molar-refractivity contribution in [1.29, 1.82) is 0 Å². The van der Waals surface area contributed by atoms with Gasteiger partial charge in [0.05, 0.1) is 14.2 Å². The summed E-state index contributed by atoms with van der Waals surface area (Å²) >= 11 is 0. The molecule has 0 amide bonds. The van der Waals surface area contributed by atoms with Crippen LogP contribution in [0.15, 0.2) is 12.1 Å². The Labute approximate surface area is 120 Å². The normalized spacial score (nSPS) is 12.6. The number of methoxy groups -OCH3 is 2. The van der Waals surface area contributed by atoms with Gasteiger partial charge in [-0.25, -0.2) is 4.39 Å². The Bertz CT molecular complexity index is 423. The average Bonchev–Trinajstić information content (AvgIpc) is 2.48. The molecule has 0 radical (unpaired) electrons. The molecule has 1 aromatic rings. The van der Waals surface area contributed by atoms with Gasteiger partial charge in [0, 0.05) is 6.07 Å². The molecule has 114 valence electrons. The zero-order chi connectivity index (χ0) is 15.1. The quantitative estimate of drug-likeness (QED) is 0.768. The third-order valence-corrected chi connectivity index (χ3v) is 3.72. The van der Waals surface area contributed by atoms with E-state index in [-0.39, 0.29) is 17.7 Å². The summed E-state index contributed by atoms with van der Waals surface area (Å²) in [6.07, 6.45) is 1.60. The highest BCUT2D eigenvalue weighted by atomic mass is 19.1. The molecule has 4 N–H and O–H groups in total. The highest BCUT2D eigenvalue weighted by molar-refractivity contribution is 5.44. The second-order valence-corrected chi connectivity index (χ2v) is 4.91. The molecule has 0 aromatic heterocycles. The van der Waals surface area contributed by atoms with E-state index < -0.39 is 0 Å². The maximum absolute atomic E-state index is 14.3. The summed E-state index contributed by atoms with van der Waals surface area (Å²) in [5, 5.41) is 0. The van der Waals surface area contributed by atoms with E-state index >= 15 is 0 Å². The van der Waals surface area contributed by atoms with E-state index in [9.17, 15) is 4.39 Å². The van der Waals surface area contributed by atoms with Gasteiger partial charge in [-0.05, 0) is 49.4 Å². The van der Waals surface area contributed by atoms with Gasteiger partial charge in [-0.2, -0.15) is 0 Å². The van der Waals surface area contributed by atoms with Crippen molar-refractivity contribution < 1.29 is 13.9 Å². The van der Waals surface area contributed by atoms with Gasteiger partial charge in [-0.1, -0.05) is 6.92 Å². The van der Waals surface area contributed by atoms with Crippen LogP contribution >= 0.6 is 0 Å². The van der Waals surface area contributed by atoms with Crippen LogP contribution in [-0.2, 0) is 0 Å². The van der Waals surface area contributed by atoms with Gasteiger partial charge in [0.15, 0.2) is 11.5 Å². The fourth-order valence-corrected chi connectivity index (χ4v) is 2.39. The third-order valence-electron chi connectivity index (χ3n) is 3.72. The van der Waals surface area contributed by atoms with E-state index in [1.165, 1.54) is 13.2 Å². The Morgan fingerprint density at radius 1 is 1.10 bits per heavy atom. The lowest BCUT2D eigenvalue weighted by molar-refractivity contribution is 0.349. The minimum absolute atomic E-state index is 0.0758. The van der Waals surface area contributed by atoms with Crippen molar-refractivity contribution in [2.24, 2.45) is 17.4 Å². The number of benzene rings is 1. The predicted molar refractivity (Wildman–Crippen MR) is 78.8 cm³/mol. The number of rotatable bonds is 8. The number of hydrogen-bond acceptors (Lipinski definition) is 4. The molecule has 0 aliphatic carbocycles. The summed E-state index contributed by atoms with van der Waals surface area (Å²) < 4.78 is 24.6. The van der Waals surface area contributed by atoms with Crippen molar-refractivity contribution in [1.82, 2.24) is 0 Å². The van der Waals surface area contributed by atoms with E-state index in [0.717, 1.165) is 12.8 Å². The molecular formula is C15H25FN2O2. The lowest BCUT2D eigenvalue weighted by Crippen LogP contribution is -2.25. The maximum Gasteiger partial charge on any atom is 0.163 e. The molecule has 1 unspecified atom stereocenters. The zero-order valence-corrected chi connectivity index (χ0v) is 12.5. The highest BCUT2D eigenvalue weighted by Crippen LogP contribution is 2.36. The van der Waals surface area contributed by atoms with Crippen LogP contribution in [0.25, 0.3) is 0 Å². The summed E-state index contributed by atoms with van der Waals surface area (Å²) in [5.41, 5.74) is 12.0. The van der Waals surface area contributed by atoms with E-state index in [1.807, 2.05) is 6.92 Å². The van der Waals surface area contributed by atoms with Crippen molar-refractivity contribution in [3.63, 3.8) is 0 Å². The Kier molecular flexibility index (Phi) is 6.75. The van der Waals surface area contributed by atoms with Gasteiger partial charge >= 0.3 is 0 Å². The lowest BCUT2D eigenvalue weighted by Gasteiger charge is -2.22. The van der Waals surface area contributed by atoms with Crippen LogP contribution in [0.3, 0.4) is 0 Å². The van der Waals surface area contributed by atoms with Gasteiger partial charge in [-0.15, -0.1) is 0 Å². The predicted octanol–water partition coefficient (Wildman–Crippen LogP) is 2.26. The molecule has 5 heteroatoms. The van der Waals surface area contributed by atoms with Crippen molar-refractivity contribution in [2.75, 3.05) is 27.3 Å². The second-order valence-electron chi connectivity index (χ2n) is 4.91. The highest BCUT2D eigenvalue weighted by Gasteiger charge is 2.21. The SMILES string of the molecule is CCC(CC(CN)CN)c1cc(OC)c(OC)cc1F. The van der Waals surface area contributed by atoms with Gasteiger partial charge in [0.25, 0.3) is 0 Å². The molecule has 0 heterocycles. The minimum Gasteiger partial charge on any atom is -0.493 e. The summed E-state index contributed by atoms with van der Waals surface area (Å²) in [5.74, 6) is 0.943. The average molecular weight is 284 g/mol. The second kappa shape index (κ2) is 8.07. The lowest BCUT2D eigenvalue weighted by atomic mass is 9.86. The monoisotopic (exact) mass is 284 g/mol. The molecule has 1 aromatic carbocycles. The van der Waals surface area contributed by atoms with Crippen LogP contribution in [0.1, 0.15) is 31.2 Å². The molecule has 0 spiro atoms. The van der Waals surface area contributed by atoms with E-state index in [0.29, 0.717) is 30.2 Å². The Morgan fingerprint density at radius 2 is 1.65 bits per heavy atom. The van der Waals surface area contributed by atoms with Gasteiger partial charge < -0.3 is 20.9 Å². The van der Waals surface area contributed by atoms with Crippen molar-refractivity contribution >= 4 is 0 Å². The summed E-state index contributed by atoms with van der Waals surface area (Å²) in [7, 11) is 3.04. The van der Waals surface area contributed by atoms with Crippen LogP contribution in [0.4, 0.5) is 4.39 Å². The van der Waals surface area contributed by atoms with Crippen molar-refractivity contribution in [3.8, 4) is 11.5 Å². The van der Waals surface area contributed by atoms with E-state index in [2.05, 4.69) is 0 Å². The van der Waals surface area contributed by atoms with Crippen molar-refractivity contribution in [3.05, 3.63) is 23.5 Å². The smallest absolute Gasteiger partial charge is 0.163 e. The number of halogens is 1. The summed E-state index contributed by atoms with van der Waals surface area (Å²) in [4.78, 5) is 0. The van der Waals surface area contributed by atoms with Crippen molar-refractivity contribution in [2.45, 2.75) is 25.7 Å². The summed E-state index contributed by atoms with van der Waals surface area (Å²) in [6.45, 7) is 3.06. The molecule has 1 rings (SSSR count). The van der Waals surface area contributed by atoms with E-state index in [4.69, 9.17) is 20.9 Å². The minimum atomic E-state index is -0.276. The molecular weight excluding hydrogens is 259 g/mol. The Balaban J connectivity index is 3.08. The molecule has 4 nitrogen and oxygen atoms in total. The number of nitrogens with two attached hydrogens (primary N) is 2. The van der Waals surface area contributed by atoms with Crippen LogP contribution in [0.5, 0.6) is 11.5 Å². The largest absolute Gasteiger partial charge is 0.493 e. The molecule has 20 heavy (non-hydrogen) atoms. The molecule has 0 bridgehead atoms. The van der Waals surface area contributed by atoms with Crippen LogP contribution in [0, 0.1) is 11.7 Å². The first-order chi connectivity index (χ1) is 9.60. The molecule has 0 saturated carbocycles. The first kappa shape index (κ1) is 16.7. The fraction of sp³-hybridized carbons (Fsp3) is 0.600. The fourth-order valence-electron chi connectivity index (χ4n) is 2.39. The molecule has 0 aliphatic rings. The van der Waals surface area contributed by atoms with Gasteiger partial charge in [0.1, 0.15) is 5.82 Å². The molecule has 0 saturated heterocycles. The number of hydrogen-bond donors (Lipinski definition) is 2. The van der Waals surface area contributed by atoms with Crippen LogP contribution in [0.2, 0.25) is 0 Å². The van der Waals surface area contributed by atoms with Crippen LogP contribution in [-0.4, -0.2) is 27.3 Å². The first-order valence-electron chi connectivity index (χ1n) is 6.92.